The number of hydrogen-bond acceptors (Lipinski definition) is 5. The van der Waals surface area contributed by atoms with Gasteiger partial charge in [-0.15, -0.1) is 0 Å². The van der Waals surface area contributed by atoms with Gasteiger partial charge in [-0.25, -0.2) is 9.78 Å². The molecule has 2 heterocycles. The zero-order valence-corrected chi connectivity index (χ0v) is 13.7. The van der Waals surface area contributed by atoms with Crippen molar-refractivity contribution >= 4 is 17.6 Å². The van der Waals surface area contributed by atoms with Gasteiger partial charge in [-0.2, -0.15) is 0 Å². The molecule has 1 aromatic heterocycles. The molecule has 1 aliphatic rings. The minimum absolute atomic E-state index is 0.0743. The monoisotopic (exact) mass is 325 g/mol. The normalized spacial score (nSPS) is 16.4. The number of carbonyl (C=O) groups is 2. The molecule has 1 aliphatic heterocycles. The highest BCUT2D eigenvalue weighted by atomic mass is 16.5. The first-order valence-corrected chi connectivity index (χ1v) is 7.92. The van der Waals surface area contributed by atoms with Gasteiger partial charge in [0.15, 0.2) is 12.3 Å². The lowest BCUT2D eigenvalue weighted by molar-refractivity contribution is -0.122. The van der Waals surface area contributed by atoms with E-state index in [1.54, 1.807) is 11.8 Å². The molecule has 0 unspecified atom stereocenters. The average Bonchev–Trinajstić information content (AvgIpc) is 2.60. The van der Waals surface area contributed by atoms with E-state index in [-0.39, 0.29) is 24.2 Å². The third-order valence-corrected chi connectivity index (χ3v) is 4.11. The Bertz CT molecular complexity index is 758. The Morgan fingerprint density at radius 2 is 2.04 bits per heavy atom. The van der Waals surface area contributed by atoms with E-state index >= 15 is 0 Å². The van der Waals surface area contributed by atoms with Crippen LogP contribution in [0.4, 0.5) is 5.69 Å². The molecule has 1 aromatic carbocycles. The number of rotatable bonds is 3. The lowest BCUT2D eigenvalue weighted by Gasteiger charge is -2.35. The van der Waals surface area contributed by atoms with E-state index in [1.165, 1.54) is 12.4 Å². The lowest BCUT2D eigenvalue weighted by Crippen LogP contribution is -2.44. The third kappa shape index (κ3) is 3.27. The van der Waals surface area contributed by atoms with Crippen LogP contribution in [-0.2, 0) is 16.0 Å². The third-order valence-electron chi connectivity index (χ3n) is 4.11. The number of benzene rings is 1. The number of ether oxygens (including phenoxy) is 1. The number of para-hydroxylation sites is 1. The van der Waals surface area contributed by atoms with Gasteiger partial charge in [-0.3, -0.25) is 9.78 Å². The van der Waals surface area contributed by atoms with Crippen molar-refractivity contribution < 1.29 is 14.3 Å². The summed E-state index contributed by atoms with van der Waals surface area (Å²) in [6, 6.07) is 7.90. The molecule has 0 bridgehead atoms. The first kappa shape index (κ1) is 16.1. The number of carbonyl (C=O) groups excluding carboxylic acids is 2. The highest BCUT2D eigenvalue weighted by Crippen LogP contribution is 2.30. The summed E-state index contributed by atoms with van der Waals surface area (Å²) < 4.78 is 5.11. The molecule has 3 rings (SSSR count). The first-order chi connectivity index (χ1) is 11.6. The van der Waals surface area contributed by atoms with Crippen molar-refractivity contribution in [3.05, 3.63) is 53.6 Å². The highest BCUT2D eigenvalue weighted by Gasteiger charge is 2.28. The molecule has 0 spiro atoms. The molecule has 24 heavy (non-hydrogen) atoms. The molecule has 0 fully saturated rings. The summed E-state index contributed by atoms with van der Waals surface area (Å²) in [7, 11) is 0. The molecule has 2 aromatic rings. The fraction of sp³-hybridized carbons (Fsp3) is 0.333. The first-order valence-electron chi connectivity index (χ1n) is 7.92. The van der Waals surface area contributed by atoms with Gasteiger partial charge in [-0.05, 0) is 38.3 Å². The van der Waals surface area contributed by atoms with E-state index in [0.29, 0.717) is 5.69 Å². The molecular weight excluding hydrogens is 306 g/mol. The number of anilines is 1. The second-order valence-electron chi connectivity index (χ2n) is 5.90. The van der Waals surface area contributed by atoms with Crippen LogP contribution in [0.15, 0.2) is 36.7 Å². The summed E-state index contributed by atoms with van der Waals surface area (Å²) in [4.78, 5) is 34.2. The zero-order chi connectivity index (χ0) is 17.1. The SMILES string of the molecule is Cc1cnc(C(=O)OCC(=O)N2c3ccccc3CC[C@H]2C)cn1. The highest BCUT2D eigenvalue weighted by molar-refractivity contribution is 5.98. The number of hydrogen-bond donors (Lipinski definition) is 0. The molecule has 0 saturated carbocycles. The molecule has 0 saturated heterocycles. The largest absolute Gasteiger partial charge is 0.451 e. The summed E-state index contributed by atoms with van der Waals surface area (Å²) >= 11 is 0. The standard InChI is InChI=1S/C18H19N3O3/c1-12-9-20-15(10-19-12)18(23)24-11-17(22)21-13(2)7-8-14-5-3-4-6-16(14)21/h3-6,9-10,13H,7-8,11H2,1-2H3/t13-/m1/s1. The van der Waals surface area contributed by atoms with Gasteiger partial charge < -0.3 is 9.64 Å². The van der Waals surface area contributed by atoms with Gasteiger partial charge in [0.2, 0.25) is 0 Å². The van der Waals surface area contributed by atoms with Gasteiger partial charge in [0.25, 0.3) is 5.91 Å². The maximum atomic E-state index is 12.6. The van der Waals surface area contributed by atoms with Crippen LogP contribution in [0.2, 0.25) is 0 Å². The second-order valence-corrected chi connectivity index (χ2v) is 5.90. The van der Waals surface area contributed by atoms with Crippen LogP contribution in [0.3, 0.4) is 0 Å². The van der Waals surface area contributed by atoms with Crippen LogP contribution in [0.25, 0.3) is 0 Å². The summed E-state index contributed by atoms with van der Waals surface area (Å²) in [5, 5.41) is 0. The Hall–Kier alpha value is -2.76. The number of aryl methyl sites for hydroxylation is 2. The van der Waals surface area contributed by atoms with Crippen molar-refractivity contribution in [2.24, 2.45) is 0 Å². The number of amides is 1. The zero-order valence-electron chi connectivity index (χ0n) is 13.7. The topological polar surface area (TPSA) is 72.4 Å². The van der Waals surface area contributed by atoms with E-state index in [1.807, 2.05) is 31.2 Å². The predicted octanol–water partition coefficient (Wildman–Crippen LogP) is 2.31. The van der Waals surface area contributed by atoms with Crippen LogP contribution < -0.4 is 4.90 Å². The summed E-state index contributed by atoms with van der Waals surface area (Å²) in [6.07, 6.45) is 4.67. The molecule has 124 valence electrons. The van der Waals surface area contributed by atoms with Crippen molar-refractivity contribution in [2.75, 3.05) is 11.5 Å². The molecule has 6 heteroatoms. The minimum atomic E-state index is -0.645. The minimum Gasteiger partial charge on any atom is -0.451 e. The van der Waals surface area contributed by atoms with Crippen molar-refractivity contribution in [3.8, 4) is 0 Å². The Balaban J connectivity index is 1.69. The Morgan fingerprint density at radius 1 is 1.25 bits per heavy atom. The summed E-state index contributed by atoms with van der Waals surface area (Å²) in [5.41, 5.74) is 2.84. The second kappa shape index (κ2) is 6.78. The molecule has 0 N–H and O–H groups in total. The van der Waals surface area contributed by atoms with E-state index in [4.69, 9.17) is 4.74 Å². The van der Waals surface area contributed by atoms with E-state index < -0.39 is 5.97 Å². The van der Waals surface area contributed by atoms with Gasteiger partial charge in [0, 0.05) is 17.9 Å². The molecule has 1 atom stereocenters. The van der Waals surface area contributed by atoms with Gasteiger partial charge in [0.1, 0.15) is 0 Å². The van der Waals surface area contributed by atoms with Crippen LogP contribution in [-0.4, -0.2) is 34.5 Å². The van der Waals surface area contributed by atoms with Crippen molar-refractivity contribution in [2.45, 2.75) is 32.7 Å². The molecule has 6 nitrogen and oxygen atoms in total. The summed E-state index contributed by atoms with van der Waals surface area (Å²) in [5.74, 6) is -0.878. The van der Waals surface area contributed by atoms with E-state index in [9.17, 15) is 9.59 Å². The smallest absolute Gasteiger partial charge is 0.359 e. The van der Waals surface area contributed by atoms with Crippen LogP contribution in [0.1, 0.15) is 35.1 Å². The lowest BCUT2D eigenvalue weighted by atomic mass is 9.96. The van der Waals surface area contributed by atoms with Crippen LogP contribution in [0.5, 0.6) is 0 Å². The summed E-state index contributed by atoms with van der Waals surface area (Å²) in [6.45, 7) is 3.47. The van der Waals surface area contributed by atoms with Crippen molar-refractivity contribution in [1.29, 1.82) is 0 Å². The van der Waals surface area contributed by atoms with Gasteiger partial charge in [0.05, 0.1) is 11.9 Å². The molecule has 0 radical (unpaired) electrons. The van der Waals surface area contributed by atoms with E-state index in [0.717, 1.165) is 24.1 Å². The Labute approximate surface area is 140 Å². The maximum Gasteiger partial charge on any atom is 0.359 e. The number of fused-ring (bicyclic) bond motifs is 1. The van der Waals surface area contributed by atoms with Crippen molar-refractivity contribution in [1.82, 2.24) is 9.97 Å². The van der Waals surface area contributed by atoms with Crippen LogP contribution in [0, 0.1) is 6.92 Å². The molecular formula is C18H19N3O3. The Kier molecular flexibility index (Phi) is 4.55. The average molecular weight is 325 g/mol. The fourth-order valence-corrected chi connectivity index (χ4v) is 2.84. The molecule has 1 amide bonds. The number of aromatic nitrogens is 2. The van der Waals surface area contributed by atoms with Gasteiger partial charge in [-0.1, -0.05) is 18.2 Å². The molecule has 0 aliphatic carbocycles. The Morgan fingerprint density at radius 3 is 2.79 bits per heavy atom. The van der Waals surface area contributed by atoms with Gasteiger partial charge >= 0.3 is 5.97 Å². The number of nitrogens with zero attached hydrogens (tertiary/aromatic N) is 3. The van der Waals surface area contributed by atoms with Crippen molar-refractivity contribution in [3.63, 3.8) is 0 Å². The van der Waals surface area contributed by atoms with Crippen LogP contribution >= 0.6 is 0 Å². The fourth-order valence-electron chi connectivity index (χ4n) is 2.84. The van der Waals surface area contributed by atoms with E-state index in [2.05, 4.69) is 9.97 Å². The maximum absolute atomic E-state index is 12.6. The quantitative estimate of drug-likeness (QED) is 0.810. The predicted molar refractivity (Wildman–Crippen MR) is 88.8 cm³/mol. The number of esters is 1.